The van der Waals surface area contributed by atoms with Gasteiger partial charge in [-0.3, -0.25) is 9.48 Å². The zero-order chi connectivity index (χ0) is 26.0. The summed E-state index contributed by atoms with van der Waals surface area (Å²) in [6.07, 6.45) is -1.45. The van der Waals surface area contributed by atoms with Crippen LogP contribution in [0.1, 0.15) is 18.4 Å². The molecule has 11 heteroatoms. The molecule has 8 nitrogen and oxygen atoms in total. The third kappa shape index (κ3) is 5.65. The quantitative estimate of drug-likeness (QED) is 0.417. The molecule has 192 valence electrons. The fourth-order valence-corrected chi connectivity index (χ4v) is 4.63. The summed E-state index contributed by atoms with van der Waals surface area (Å²) in [5, 5.41) is 18.4. The molecule has 0 unspecified atom stereocenters. The first-order valence-corrected chi connectivity index (χ1v) is 11.9. The van der Waals surface area contributed by atoms with Crippen LogP contribution in [-0.2, 0) is 18.3 Å². The van der Waals surface area contributed by atoms with Crippen LogP contribution in [0, 0.1) is 0 Å². The predicted octanol–water partition coefficient (Wildman–Crippen LogP) is 4.26. The molecule has 2 aromatic carbocycles. The first kappa shape index (κ1) is 24.5. The minimum Gasteiger partial charge on any atom is -0.406 e. The molecule has 4 aromatic rings. The van der Waals surface area contributed by atoms with Gasteiger partial charge in [0.1, 0.15) is 11.4 Å². The number of hydrogen-bond donors (Lipinski definition) is 1. The Bertz CT molecular complexity index is 1400. The van der Waals surface area contributed by atoms with Crippen molar-refractivity contribution >= 4 is 22.5 Å². The number of halogens is 3. The van der Waals surface area contributed by atoms with Crippen LogP contribution in [0.2, 0.25) is 0 Å². The molecule has 0 saturated carbocycles. The van der Waals surface area contributed by atoms with E-state index in [4.69, 9.17) is 0 Å². The average Bonchev–Trinajstić information content (AvgIpc) is 3.30. The van der Waals surface area contributed by atoms with Crippen molar-refractivity contribution in [2.24, 2.45) is 7.05 Å². The van der Waals surface area contributed by atoms with Crippen molar-refractivity contribution in [3.63, 3.8) is 0 Å². The number of anilines is 1. The molecular formula is C26H25F3N6O2. The summed E-state index contributed by atoms with van der Waals surface area (Å²) < 4.78 is 42.6. The number of aromatic nitrogens is 4. The number of nitrogens with zero attached hydrogens (tertiary/aromatic N) is 5. The highest BCUT2D eigenvalue weighted by molar-refractivity contribution is 5.99. The zero-order valence-corrected chi connectivity index (χ0v) is 20.1. The molecular weight excluding hydrogens is 485 g/mol. The maximum Gasteiger partial charge on any atom is 0.573 e. The maximum absolute atomic E-state index is 12.5. The van der Waals surface area contributed by atoms with Crippen LogP contribution in [0.5, 0.6) is 5.75 Å². The molecule has 37 heavy (non-hydrogen) atoms. The first-order chi connectivity index (χ1) is 17.8. The number of aryl methyl sites for hydroxylation is 1. The van der Waals surface area contributed by atoms with Gasteiger partial charge < -0.3 is 15.0 Å². The molecule has 1 saturated heterocycles. The first-order valence-electron chi connectivity index (χ1n) is 11.9. The number of nitrogens with one attached hydrogen (secondary N) is 1. The second-order valence-electron chi connectivity index (χ2n) is 8.96. The fourth-order valence-electron chi connectivity index (χ4n) is 4.63. The number of amides is 1. The number of rotatable bonds is 6. The van der Waals surface area contributed by atoms with Crippen molar-refractivity contribution in [2.45, 2.75) is 31.7 Å². The number of piperidine rings is 1. The number of benzene rings is 2. The van der Waals surface area contributed by atoms with Crippen LogP contribution >= 0.6 is 0 Å². The Labute approximate surface area is 211 Å². The van der Waals surface area contributed by atoms with E-state index in [9.17, 15) is 18.0 Å². The van der Waals surface area contributed by atoms with Gasteiger partial charge in [-0.2, -0.15) is 5.10 Å². The Morgan fingerprint density at radius 3 is 2.38 bits per heavy atom. The molecule has 1 amide bonds. The van der Waals surface area contributed by atoms with Gasteiger partial charge in [0.2, 0.25) is 5.91 Å². The second-order valence-corrected chi connectivity index (χ2v) is 8.96. The Hall–Kier alpha value is -4.15. The Kier molecular flexibility index (Phi) is 6.68. The highest BCUT2D eigenvalue weighted by Crippen LogP contribution is 2.32. The van der Waals surface area contributed by atoms with Crippen LogP contribution < -0.4 is 15.0 Å². The third-order valence-electron chi connectivity index (χ3n) is 6.41. The summed E-state index contributed by atoms with van der Waals surface area (Å²) in [4.78, 5) is 14.7. The van der Waals surface area contributed by atoms with E-state index in [2.05, 4.69) is 30.2 Å². The van der Waals surface area contributed by atoms with Gasteiger partial charge in [-0.1, -0.05) is 36.4 Å². The Morgan fingerprint density at radius 2 is 1.73 bits per heavy atom. The van der Waals surface area contributed by atoms with E-state index >= 15 is 0 Å². The lowest BCUT2D eigenvalue weighted by molar-refractivity contribution is -0.274. The number of fused-ring (bicyclic) bond motifs is 1. The van der Waals surface area contributed by atoms with Gasteiger partial charge in [-0.25, -0.2) is 0 Å². The number of ether oxygens (including phenoxy) is 1. The number of hydrogen-bond acceptors (Lipinski definition) is 6. The van der Waals surface area contributed by atoms with Crippen LogP contribution in [0.3, 0.4) is 0 Å². The van der Waals surface area contributed by atoms with Gasteiger partial charge in [0.15, 0.2) is 5.82 Å². The maximum atomic E-state index is 12.5. The lowest BCUT2D eigenvalue weighted by atomic mass is 10.0. The van der Waals surface area contributed by atoms with E-state index < -0.39 is 6.36 Å². The van der Waals surface area contributed by atoms with Crippen molar-refractivity contribution in [1.82, 2.24) is 25.3 Å². The standard InChI is InChI=1S/C26H25F3N6O2/c1-34-22(10-13-30-34)24-20-4-2-3-5-21(20)25(33-32-24)35-14-11-18(12-15-35)31-23(36)16-17-6-8-19(9-7-17)37-26(27,28)29/h2-10,13,18H,11-12,14-16H2,1H3,(H,31,36). The summed E-state index contributed by atoms with van der Waals surface area (Å²) in [7, 11) is 1.87. The molecule has 0 atom stereocenters. The minimum atomic E-state index is -4.74. The summed E-state index contributed by atoms with van der Waals surface area (Å²) in [5.74, 6) is 0.328. The van der Waals surface area contributed by atoms with Gasteiger partial charge in [-0.05, 0) is 36.6 Å². The average molecular weight is 511 g/mol. The van der Waals surface area contributed by atoms with Crippen LogP contribution in [0.25, 0.3) is 22.2 Å². The molecule has 0 aliphatic carbocycles. The summed E-state index contributed by atoms with van der Waals surface area (Å²) in [6.45, 7) is 1.41. The molecule has 3 heterocycles. The van der Waals surface area contributed by atoms with Gasteiger partial charge in [0.05, 0.1) is 12.1 Å². The normalized spacial score (nSPS) is 14.6. The van der Waals surface area contributed by atoms with Crippen molar-refractivity contribution in [3.05, 3.63) is 66.4 Å². The smallest absolute Gasteiger partial charge is 0.406 e. The van der Waals surface area contributed by atoms with Crippen molar-refractivity contribution in [2.75, 3.05) is 18.0 Å². The largest absolute Gasteiger partial charge is 0.573 e. The lowest BCUT2D eigenvalue weighted by Crippen LogP contribution is -2.45. The molecule has 0 spiro atoms. The van der Waals surface area contributed by atoms with E-state index in [1.165, 1.54) is 24.3 Å². The Morgan fingerprint density at radius 1 is 1.03 bits per heavy atom. The van der Waals surface area contributed by atoms with E-state index in [1.807, 2.05) is 37.4 Å². The summed E-state index contributed by atoms with van der Waals surface area (Å²) in [5.41, 5.74) is 2.28. The zero-order valence-electron chi connectivity index (χ0n) is 20.1. The molecule has 0 bridgehead atoms. The highest BCUT2D eigenvalue weighted by Gasteiger charge is 2.31. The minimum absolute atomic E-state index is 0.00419. The molecule has 0 radical (unpaired) electrons. The monoisotopic (exact) mass is 510 g/mol. The molecule has 2 aromatic heterocycles. The van der Waals surface area contributed by atoms with Crippen LogP contribution in [-0.4, -0.2) is 51.4 Å². The Balaban J connectivity index is 1.20. The van der Waals surface area contributed by atoms with E-state index in [0.717, 1.165) is 40.8 Å². The lowest BCUT2D eigenvalue weighted by Gasteiger charge is -2.33. The van der Waals surface area contributed by atoms with Crippen molar-refractivity contribution in [1.29, 1.82) is 0 Å². The third-order valence-corrected chi connectivity index (χ3v) is 6.41. The molecule has 5 rings (SSSR count). The predicted molar refractivity (Wildman–Crippen MR) is 132 cm³/mol. The molecule has 1 aliphatic heterocycles. The van der Waals surface area contributed by atoms with Gasteiger partial charge in [0, 0.05) is 43.1 Å². The number of carbonyl (C=O) groups excluding carboxylic acids is 1. The second kappa shape index (κ2) is 10.1. The number of carbonyl (C=O) groups is 1. The van der Waals surface area contributed by atoms with Gasteiger partial charge in [0.25, 0.3) is 0 Å². The van der Waals surface area contributed by atoms with Crippen LogP contribution in [0.15, 0.2) is 60.8 Å². The van der Waals surface area contributed by atoms with E-state index in [-0.39, 0.29) is 24.1 Å². The molecule has 1 N–H and O–H groups in total. The van der Waals surface area contributed by atoms with Gasteiger partial charge in [-0.15, -0.1) is 23.4 Å². The summed E-state index contributed by atoms with van der Waals surface area (Å²) >= 11 is 0. The fraction of sp³-hybridized carbons (Fsp3) is 0.308. The van der Waals surface area contributed by atoms with Crippen LogP contribution in [0.4, 0.5) is 19.0 Å². The number of alkyl halides is 3. The van der Waals surface area contributed by atoms with E-state index in [1.54, 1.807) is 10.9 Å². The topological polar surface area (TPSA) is 85.2 Å². The van der Waals surface area contributed by atoms with Gasteiger partial charge >= 0.3 is 6.36 Å². The SMILES string of the molecule is Cn1nccc1-c1nnc(N2CCC(NC(=O)Cc3ccc(OC(F)(F)F)cc3)CC2)c2ccccc12. The summed E-state index contributed by atoms with van der Waals surface area (Å²) in [6, 6.07) is 15.3. The van der Waals surface area contributed by atoms with E-state index in [0.29, 0.717) is 18.7 Å². The molecule has 1 aliphatic rings. The van der Waals surface area contributed by atoms with Crippen molar-refractivity contribution in [3.8, 4) is 17.1 Å². The highest BCUT2D eigenvalue weighted by atomic mass is 19.4. The molecule has 1 fully saturated rings. The van der Waals surface area contributed by atoms with Crippen molar-refractivity contribution < 1.29 is 22.7 Å².